The van der Waals surface area contributed by atoms with Crippen molar-refractivity contribution < 1.29 is 14.2 Å². The van der Waals surface area contributed by atoms with Crippen LogP contribution in [-0.4, -0.2) is 31.0 Å². The molecular weight excluding hydrogens is 348 g/mol. The van der Waals surface area contributed by atoms with Crippen molar-refractivity contribution in [1.82, 2.24) is 5.32 Å². The molecule has 2 aromatic rings. The van der Waals surface area contributed by atoms with Gasteiger partial charge in [-0.2, -0.15) is 0 Å². The molecule has 0 heterocycles. The van der Waals surface area contributed by atoms with E-state index < -0.39 is 0 Å². The second-order valence-electron chi connectivity index (χ2n) is 6.18. The molecule has 2 N–H and O–H groups in total. The average molecular weight is 375 g/mol. The lowest BCUT2D eigenvalue weighted by Gasteiger charge is -2.18. The van der Waals surface area contributed by atoms with Crippen molar-refractivity contribution in [2.45, 2.75) is 32.9 Å². The van der Waals surface area contributed by atoms with Crippen molar-refractivity contribution in [3.63, 3.8) is 0 Å². The largest absolute Gasteiger partial charge is 0.497 e. The van der Waals surface area contributed by atoms with Gasteiger partial charge in [0.2, 0.25) is 0 Å². The quantitative estimate of drug-likeness (QED) is 0.674. The summed E-state index contributed by atoms with van der Waals surface area (Å²) in [6.45, 7) is 6.49. The molecule has 0 bridgehead atoms. The molecule has 0 spiro atoms. The zero-order valence-corrected chi connectivity index (χ0v) is 16.4. The van der Waals surface area contributed by atoms with E-state index in [1.54, 1.807) is 7.11 Å². The maximum atomic E-state index is 5.76. The number of nitrogens with one attached hydrogen (secondary N) is 2. The van der Waals surface area contributed by atoms with Gasteiger partial charge < -0.3 is 24.8 Å². The van der Waals surface area contributed by atoms with Crippen LogP contribution in [0.25, 0.3) is 0 Å². The molecule has 140 valence electrons. The van der Waals surface area contributed by atoms with Crippen molar-refractivity contribution >= 4 is 23.0 Å². The Morgan fingerprint density at radius 3 is 2.35 bits per heavy atom. The molecule has 0 saturated heterocycles. The number of hydrogen-bond acceptors (Lipinski definition) is 4. The molecule has 2 rings (SSSR count). The van der Waals surface area contributed by atoms with Crippen molar-refractivity contribution in [3.05, 3.63) is 48.5 Å². The second kappa shape index (κ2) is 9.87. The number of methoxy groups -OCH3 is 1. The standard InChI is InChI=1S/C20H26N2O3S/c1-14(2)25-19-7-5-6-16(12-19)22-20(26)21-15(3)13-24-18-10-8-17(23-4)9-11-18/h5-12,14-15H,13H2,1-4H3,(H2,21,22,26)/t15-/m0/s1. The summed E-state index contributed by atoms with van der Waals surface area (Å²) < 4.78 is 16.6. The molecule has 6 heteroatoms. The molecule has 1 atom stereocenters. The zero-order valence-electron chi connectivity index (χ0n) is 15.6. The molecule has 0 amide bonds. The Morgan fingerprint density at radius 1 is 1.00 bits per heavy atom. The lowest BCUT2D eigenvalue weighted by molar-refractivity contribution is 0.242. The lowest BCUT2D eigenvalue weighted by atomic mass is 10.3. The van der Waals surface area contributed by atoms with E-state index in [1.807, 2.05) is 69.3 Å². The monoisotopic (exact) mass is 374 g/mol. The molecule has 5 nitrogen and oxygen atoms in total. The van der Waals surface area contributed by atoms with Crippen LogP contribution in [0.3, 0.4) is 0 Å². The highest BCUT2D eigenvalue weighted by Crippen LogP contribution is 2.19. The van der Waals surface area contributed by atoms with Gasteiger partial charge in [-0.1, -0.05) is 6.07 Å². The van der Waals surface area contributed by atoms with E-state index in [-0.39, 0.29) is 12.1 Å². The SMILES string of the molecule is COc1ccc(OC[C@H](C)NC(=S)Nc2cccc(OC(C)C)c2)cc1. The van der Waals surface area contributed by atoms with E-state index in [0.29, 0.717) is 11.7 Å². The van der Waals surface area contributed by atoms with Gasteiger partial charge in [0.1, 0.15) is 23.9 Å². The first-order valence-electron chi connectivity index (χ1n) is 8.57. The number of benzene rings is 2. The topological polar surface area (TPSA) is 51.8 Å². The molecular formula is C20H26N2O3S. The normalized spacial score (nSPS) is 11.6. The van der Waals surface area contributed by atoms with Crippen molar-refractivity contribution in [2.75, 3.05) is 19.0 Å². The van der Waals surface area contributed by atoms with Gasteiger partial charge in [-0.3, -0.25) is 0 Å². The number of thiocarbonyl (C=S) groups is 1. The van der Waals surface area contributed by atoms with Gasteiger partial charge >= 0.3 is 0 Å². The Balaban J connectivity index is 1.79. The van der Waals surface area contributed by atoms with Crippen LogP contribution >= 0.6 is 12.2 Å². The Bertz CT molecular complexity index is 704. The van der Waals surface area contributed by atoms with Gasteiger partial charge in [0.15, 0.2) is 5.11 Å². The molecule has 0 fully saturated rings. The minimum absolute atomic E-state index is 0.0483. The van der Waals surface area contributed by atoms with E-state index in [2.05, 4.69) is 10.6 Å². The molecule has 26 heavy (non-hydrogen) atoms. The fourth-order valence-corrected chi connectivity index (χ4v) is 2.56. The fourth-order valence-electron chi connectivity index (χ4n) is 2.25. The van der Waals surface area contributed by atoms with Crippen LogP contribution in [0.4, 0.5) is 5.69 Å². The number of rotatable bonds is 8. The molecule has 0 unspecified atom stereocenters. The number of ether oxygens (including phenoxy) is 3. The van der Waals surface area contributed by atoms with Crippen molar-refractivity contribution in [1.29, 1.82) is 0 Å². The van der Waals surface area contributed by atoms with Gasteiger partial charge in [-0.05, 0) is 69.4 Å². The molecule has 0 radical (unpaired) electrons. The summed E-state index contributed by atoms with van der Waals surface area (Å²) in [7, 11) is 1.64. The van der Waals surface area contributed by atoms with Crippen LogP contribution in [0.1, 0.15) is 20.8 Å². The van der Waals surface area contributed by atoms with Crippen LogP contribution in [-0.2, 0) is 0 Å². The second-order valence-corrected chi connectivity index (χ2v) is 6.59. The van der Waals surface area contributed by atoms with E-state index in [4.69, 9.17) is 26.4 Å². The Hall–Kier alpha value is -2.47. The highest BCUT2D eigenvalue weighted by Gasteiger charge is 2.07. The summed E-state index contributed by atoms with van der Waals surface area (Å²) >= 11 is 5.37. The third-order valence-corrected chi connectivity index (χ3v) is 3.62. The molecule has 2 aromatic carbocycles. The Kier molecular flexibility index (Phi) is 7.53. The zero-order chi connectivity index (χ0) is 18.9. The number of hydrogen-bond donors (Lipinski definition) is 2. The molecule has 0 saturated carbocycles. The smallest absolute Gasteiger partial charge is 0.171 e. The summed E-state index contributed by atoms with van der Waals surface area (Å²) in [5.41, 5.74) is 0.879. The maximum Gasteiger partial charge on any atom is 0.171 e. The highest BCUT2D eigenvalue weighted by atomic mass is 32.1. The summed E-state index contributed by atoms with van der Waals surface area (Å²) in [6, 6.07) is 15.3. The highest BCUT2D eigenvalue weighted by molar-refractivity contribution is 7.80. The predicted octanol–water partition coefficient (Wildman–Crippen LogP) is 4.24. The van der Waals surface area contributed by atoms with Crippen molar-refractivity contribution in [3.8, 4) is 17.2 Å². The van der Waals surface area contributed by atoms with Crippen LogP contribution < -0.4 is 24.8 Å². The van der Waals surface area contributed by atoms with Crippen LogP contribution in [0.15, 0.2) is 48.5 Å². The van der Waals surface area contributed by atoms with Crippen LogP contribution in [0.5, 0.6) is 17.2 Å². The minimum atomic E-state index is 0.0483. The van der Waals surface area contributed by atoms with Gasteiger partial charge in [-0.25, -0.2) is 0 Å². The van der Waals surface area contributed by atoms with Crippen LogP contribution in [0.2, 0.25) is 0 Å². The summed E-state index contributed by atoms with van der Waals surface area (Å²) in [5.74, 6) is 2.40. The first-order chi connectivity index (χ1) is 12.5. The summed E-state index contributed by atoms with van der Waals surface area (Å²) in [6.07, 6.45) is 0.130. The van der Waals surface area contributed by atoms with E-state index >= 15 is 0 Å². The minimum Gasteiger partial charge on any atom is -0.497 e. The van der Waals surface area contributed by atoms with Gasteiger partial charge in [0.25, 0.3) is 0 Å². The third kappa shape index (κ3) is 6.80. The van der Waals surface area contributed by atoms with Gasteiger partial charge in [0, 0.05) is 11.8 Å². The first-order valence-corrected chi connectivity index (χ1v) is 8.98. The number of anilines is 1. The van der Waals surface area contributed by atoms with E-state index in [9.17, 15) is 0 Å². The molecule has 0 aromatic heterocycles. The molecule has 0 aliphatic heterocycles. The molecule has 0 aliphatic rings. The first kappa shape index (κ1) is 19.8. The van der Waals surface area contributed by atoms with Gasteiger partial charge in [-0.15, -0.1) is 0 Å². The average Bonchev–Trinajstić information content (AvgIpc) is 2.60. The van der Waals surface area contributed by atoms with Gasteiger partial charge in [0.05, 0.1) is 19.3 Å². The van der Waals surface area contributed by atoms with Crippen molar-refractivity contribution in [2.24, 2.45) is 0 Å². The Labute approximate surface area is 160 Å². The summed E-state index contributed by atoms with van der Waals surface area (Å²) in [4.78, 5) is 0. The fraction of sp³-hybridized carbons (Fsp3) is 0.350. The maximum absolute atomic E-state index is 5.76. The van der Waals surface area contributed by atoms with E-state index in [0.717, 1.165) is 22.9 Å². The van der Waals surface area contributed by atoms with Crippen LogP contribution in [0, 0.1) is 0 Å². The Morgan fingerprint density at radius 2 is 1.69 bits per heavy atom. The predicted molar refractivity (Wildman–Crippen MR) is 110 cm³/mol. The van der Waals surface area contributed by atoms with E-state index in [1.165, 1.54) is 0 Å². The third-order valence-electron chi connectivity index (χ3n) is 3.40. The molecule has 0 aliphatic carbocycles. The lowest BCUT2D eigenvalue weighted by Crippen LogP contribution is -2.39. The summed E-state index contributed by atoms with van der Waals surface area (Å²) in [5, 5.41) is 6.92.